The highest BCUT2D eigenvalue weighted by molar-refractivity contribution is 6.74. The molecule has 2 aliphatic rings. The standard InChI is InChI=1S/C20H34O2Si/c1-20(2,3)23(4,5)22-19(17-10-7-6-8-11-17)15-14-16-12-9-13-18(16)21/h9,12,16-19,21H,6-8,10-11,13H2,1-5H3/t16-,18+,19?/m0/s1. The second kappa shape index (κ2) is 7.55. The molecule has 3 atom stereocenters. The fourth-order valence-corrected chi connectivity index (χ4v) is 4.38. The van der Waals surface area contributed by atoms with Gasteiger partial charge in [0.25, 0.3) is 0 Å². The van der Waals surface area contributed by atoms with Gasteiger partial charge in [-0.05, 0) is 43.3 Å². The Balaban J connectivity index is 2.15. The first kappa shape index (κ1) is 18.8. The lowest BCUT2D eigenvalue weighted by molar-refractivity contribution is 0.138. The zero-order chi connectivity index (χ0) is 17.1. The minimum Gasteiger partial charge on any atom is -0.403 e. The monoisotopic (exact) mass is 334 g/mol. The lowest BCUT2D eigenvalue weighted by Gasteiger charge is -2.40. The Bertz CT molecular complexity index is 472. The van der Waals surface area contributed by atoms with Gasteiger partial charge in [0.15, 0.2) is 8.32 Å². The summed E-state index contributed by atoms with van der Waals surface area (Å²) in [5.74, 6) is 7.31. The van der Waals surface area contributed by atoms with E-state index < -0.39 is 8.32 Å². The average molecular weight is 335 g/mol. The van der Waals surface area contributed by atoms with E-state index >= 15 is 0 Å². The molecule has 0 amide bonds. The summed E-state index contributed by atoms with van der Waals surface area (Å²) >= 11 is 0. The molecule has 0 radical (unpaired) electrons. The lowest BCUT2D eigenvalue weighted by atomic mass is 9.85. The van der Waals surface area contributed by atoms with Crippen molar-refractivity contribution in [3.05, 3.63) is 12.2 Å². The number of aliphatic hydroxyl groups is 1. The van der Waals surface area contributed by atoms with Crippen LogP contribution in [0.15, 0.2) is 12.2 Å². The minimum absolute atomic E-state index is 0.0101. The van der Waals surface area contributed by atoms with Gasteiger partial charge in [0.1, 0.15) is 6.10 Å². The van der Waals surface area contributed by atoms with Crippen LogP contribution in [0.3, 0.4) is 0 Å². The van der Waals surface area contributed by atoms with Crippen molar-refractivity contribution in [3.63, 3.8) is 0 Å². The van der Waals surface area contributed by atoms with Crippen LogP contribution in [0.1, 0.15) is 59.3 Å². The maximum Gasteiger partial charge on any atom is 0.193 e. The third kappa shape index (κ3) is 4.95. The molecule has 0 heterocycles. The Morgan fingerprint density at radius 2 is 1.83 bits per heavy atom. The van der Waals surface area contributed by atoms with E-state index in [1.165, 1.54) is 32.1 Å². The molecule has 0 aromatic carbocycles. The predicted molar refractivity (Wildman–Crippen MR) is 99.7 cm³/mol. The second-order valence-corrected chi connectivity index (χ2v) is 13.5. The molecule has 2 rings (SSSR count). The van der Waals surface area contributed by atoms with Crippen molar-refractivity contribution in [1.82, 2.24) is 0 Å². The fourth-order valence-electron chi connectivity index (χ4n) is 3.14. The van der Waals surface area contributed by atoms with E-state index in [0.29, 0.717) is 5.92 Å². The molecule has 23 heavy (non-hydrogen) atoms. The molecule has 1 unspecified atom stereocenters. The maximum atomic E-state index is 9.98. The van der Waals surface area contributed by atoms with Crippen molar-refractivity contribution in [3.8, 4) is 11.8 Å². The summed E-state index contributed by atoms with van der Waals surface area (Å²) in [7, 11) is -1.83. The molecule has 2 nitrogen and oxygen atoms in total. The summed E-state index contributed by atoms with van der Waals surface area (Å²) in [5.41, 5.74) is 0. The summed E-state index contributed by atoms with van der Waals surface area (Å²) in [6.07, 6.45) is 10.9. The van der Waals surface area contributed by atoms with Crippen molar-refractivity contribution < 1.29 is 9.53 Å². The molecule has 1 fully saturated rings. The zero-order valence-corrected chi connectivity index (χ0v) is 16.6. The Morgan fingerprint density at radius 3 is 2.35 bits per heavy atom. The normalized spacial score (nSPS) is 27.6. The minimum atomic E-state index is -1.83. The van der Waals surface area contributed by atoms with Crippen LogP contribution in [0, 0.1) is 23.7 Å². The van der Waals surface area contributed by atoms with E-state index in [4.69, 9.17) is 4.43 Å². The number of hydrogen-bond acceptors (Lipinski definition) is 2. The topological polar surface area (TPSA) is 29.5 Å². The molecular formula is C20H34O2Si. The quantitative estimate of drug-likeness (QED) is 0.452. The molecule has 1 saturated carbocycles. The maximum absolute atomic E-state index is 9.98. The van der Waals surface area contributed by atoms with Crippen LogP contribution in [-0.4, -0.2) is 25.6 Å². The molecule has 0 spiro atoms. The number of rotatable bonds is 3. The van der Waals surface area contributed by atoms with Crippen LogP contribution in [0.5, 0.6) is 0 Å². The Hall–Kier alpha value is -0.563. The van der Waals surface area contributed by atoms with Gasteiger partial charge in [-0.25, -0.2) is 0 Å². The van der Waals surface area contributed by atoms with Crippen molar-refractivity contribution >= 4 is 8.32 Å². The zero-order valence-electron chi connectivity index (χ0n) is 15.6. The van der Waals surface area contributed by atoms with Gasteiger partial charge >= 0.3 is 0 Å². The van der Waals surface area contributed by atoms with Gasteiger partial charge in [-0.15, -0.1) is 0 Å². The Kier molecular flexibility index (Phi) is 6.16. The number of hydrogen-bond donors (Lipinski definition) is 1. The van der Waals surface area contributed by atoms with Crippen molar-refractivity contribution in [1.29, 1.82) is 0 Å². The molecule has 1 N–H and O–H groups in total. The summed E-state index contributed by atoms with van der Waals surface area (Å²) in [4.78, 5) is 0. The first-order valence-corrected chi connectivity index (χ1v) is 12.1. The summed E-state index contributed by atoms with van der Waals surface area (Å²) in [5, 5.41) is 10.2. The second-order valence-electron chi connectivity index (χ2n) is 8.74. The molecule has 0 aliphatic heterocycles. The average Bonchev–Trinajstić information content (AvgIpc) is 2.88. The SMILES string of the molecule is CC(C)(C)[Si](C)(C)OC(C#C[C@@H]1C=CC[C@H]1O)C1CCCCC1. The lowest BCUT2D eigenvalue weighted by Crippen LogP contribution is -2.45. The molecule has 0 saturated heterocycles. The smallest absolute Gasteiger partial charge is 0.193 e. The van der Waals surface area contributed by atoms with Crippen molar-refractivity contribution in [2.24, 2.45) is 11.8 Å². The van der Waals surface area contributed by atoms with E-state index in [1.54, 1.807) is 0 Å². The third-order valence-corrected chi connectivity index (χ3v) is 10.3. The molecule has 130 valence electrons. The molecule has 2 aliphatic carbocycles. The number of aliphatic hydroxyl groups excluding tert-OH is 1. The van der Waals surface area contributed by atoms with E-state index in [2.05, 4.69) is 45.7 Å². The summed E-state index contributed by atoms with van der Waals surface area (Å²) < 4.78 is 6.70. The Morgan fingerprint density at radius 1 is 1.17 bits per heavy atom. The summed E-state index contributed by atoms with van der Waals surface area (Å²) in [6, 6.07) is 0. The van der Waals surface area contributed by atoms with E-state index in [1.807, 2.05) is 12.2 Å². The highest BCUT2D eigenvalue weighted by atomic mass is 28.4. The van der Waals surface area contributed by atoms with Crippen LogP contribution >= 0.6 is 0 Å². The van der Waals surface area contributed by atoms with Crippen molar-refractivity contribution in [2.45, 2.75) is 89.6 Å². The van der Waals surface area contributed by atoms with Gasteiger partial charge in [-0.2, -0.15) is 0 Å². The highest BCUT2D eigenvalue weighted by Gasteiger charge is 2.40. The first-order valence-electron chi connectivity index (χ1n) is 9.24. The summed E-state index contributed by atoms with van der Waals surface area (Å²) in [6.45, 7) is 11.5. The van der Waals surface area contributed by atoms with Gasteiger partial charge in [0, 0.05) is 0 Å². The fraction of sp³-hybridized carbons (Fsp3) is 0.800. The van der Waals surface area contributed by atoms with Gasteiger partial charge in [0.2, 0.25) is 0 Å². The largest absolute Gasteiger partial charge is 0.403 e. The Labute approximate surface area is 143 Å². The molecule has 0 aromatic heterocycles. The van der Waals surface area contributed by atoms with Crippen LogP contribution in [-0.2, 0) is 4.43 Å². The van der Waals surface area contributed by atoms with Crippen LogP contribution < -0.4 is 0 Å². The van der Waals surface area contributed by atoms with Crippen molar-refractivity contribution in [2.75, 3.05) is 0 Å². The first-order chi connectivity index (χ1) is 10.7. The molecule has 0 bridgehead atoms. The van der Waals surface area contributed by atoms with E-state index in [0.717, 1.165) is 6.42 Å². The molecular weight excluding hydrogens is 300 g/mol. The van der Waals surface area contributed by atoms with Gasteiger partial charge in [-0.3, -0.25) is 0 Å². The van der Waals surface area contributed by atoms with Gasteiger partial charge in [0.05, 0.1) is 12.0 Å². The molecule has 0 aromatic rings. The van der Waals surface area contributed by atoms with Crippen LogP contribution in [0.25, 0.3) is 0 Å². The molecule has 3 heteroatoms. The predicted octanol–water partition coefficient (Wildman–Crippen LogP) is 4.90. The highest BCUT2D eigenvalue weighted by Crippen LogP contribution is 2.39. The van der Waals surface area contributed by atoms with Gasteiger partial charge < -0.3 is 9.53 Å². The third-order valence-electron chi connectivity index (χ3n) is 5.83. The van der Waals surface area contributed by atoms with Crippen LogP contribution in [0.2, 0.25) is 18.1 Å². The van der Waals surface area contributed by atoms with Gasteiger partial charge in [-0.1, -0.05) is 64.0 Å². The van der Waals surface area contributed by atoms with Crippen LogP contribution in [0.4, 0.5) is 0 Å². The van der Waals surface area contributed by atoms with E-state index in [-0.39, 0.29) is 23.2 Å². The van der Waals surface area contributed by atoms with E-state index in [9.17, 15) is 5.11 Å².